The van der Waals surface area contributed by atoms with Crippen LogP contribution >= 0.6 is 0 Å². The van der Waals surface area contributed by atoms with E-state index in [1.54, 1.807) is 11.0 Å². The SMILES string of the molecule is CC(C)(C)OC(=O)N1CCC(n2cc3cc([N+](=O)[O-])c(C4CC4)cc3n2)CC1. The number of amides is 1. The van der Waals surface area contributed by atoms with E-state index in [-0.39, 0.29) is 22.7 Å². The summed E-state index contributed by atoms with van der Waals surface area (Å²) >= 11 is 0. The van der Waals surface area contributed by atoms with E-state index in [4.69, 9.17) is 9.84 Å². The van der Waals surface area contributed by atoms with Crippen molar-refractivity contribution in [3.05, 3.63) is 34.0 Å². The Kier molecular flexibility index (Phi) is 4.51. The highest BCUT2D eigenvalue weighted by molar-refractivity contribution is 5.82. The number of aromatic nitrogens is 2. The van der Waals surface area contributed by atoms with Gasteiger partial charge in [-0.05, 0) is 58.4 Å². The van der Waals surface area contributed by atoms with Gasteiger partial charge in [0, 0.05) is 36.3 Å². The average molecular weight is 386 g/mol. The lowest BCUT2D eigenvalue weighted by atomic mass is 10.1. The van der Waals surface area contributed by atoms with E-state index in [1.807, 2.05) is 37.7 Å². The van der Waals surface area contributed by atoms with Gasteiger partial charge in [-0.15, -0.1) is 0 Å². The molecule has 2 aromatic rings. The standard InChI is InChI=1S/C20H26N4O4/c1-20(2,3)28-19(25)22-8-6-15(7-9-22)23-12-14-10-18(24(26)27)16(13-4-5-13)11-17(14)21-23/h10-13,15H,4-9H2,1-3H3. The van der Waals surface area contributed by atoms with Crippen LogP contribution in [0.4, 0.5) is 10.5 Å². The monoisotopic (exact) mass is 386 g/mol. The number of rotatable bonds is 3. The van der Waals surface area contributed by atoms with Gasteiger partial charge in [-0.3, -0.25) is 14.8 Å². The van der Waals surface area contributed by atoms with E-state index in [0.29, 0.717) is 19.0 Å². The van der Waals surface area contributed by atoms with E-state index in [9.17, 15) is 14.9 Å². The summed E-state index contributed by atoms with van der Waals surface area (Å²) in [4.78, 5) is 25.1. The van der Waals surface area contributed by atoms with Crippen molar-refractivity contribution in [2.24, 2.45) is 0 Å². The maximum absolute atomic E-state index is 12.2. The molecule has 1 amide bonds. The zero-order valence-corrected chi connectivity index (χ0v) is 16.6. The van der Waals surface area contributed by atoms with Crippen molar-refractivity contribution in [3.63, 3.8) is 0 Å². The first-order valence-electron chi connectivity index (χ1n) is 9.86. The van der Waals surface area contributed by atoms with Crippen LogP contribution in [-0.4, -0.2) is 44.4 Å². The van der Waals surface area contributed by atoms with Crippen LogP contribution in [-0.2, 0) is 4.74 Å². The van der Waals surface area contributed by atoms with Gasteiger partial charge in [0.1, 0.15) is 5.60 Å². The van der Waals surface area contributed by atoms with Gasteiger partial charge in [0.15, 0.2) is 0 Å². The van der Waals surface area contributed by atoms with Gasteiger partial charge in [-0.25, -0.2) is 4.79 Å². The molecule has 1 aliphatic carbocycles. The first-order chi connectivity index (χ1) is 13.2. The van der Waals surface area contributed by atoms with Gasteiger partial charge in [-0.1, -0.05) is 0 Å². The fraction of sp³-hybridized carbons (Fsp3) is 0.600. The summed E-state index contributed by atoms with van der Waals surface area (Å²) in [7, 11) is 0. The number of nitro benzene ring substituents is 1. The number of hydrogen-bond donors (Lipinski definition) is 0. The normalized spacial score (nSPS) is 18.5. The molecule has 1 saturated heterocycles. The van der Waals surface area contributed by atoms with Gasteiger partial charge in [0.2, 0.25) is 0 Å². The number of piperidine rings is 1. The Bertz CT molecular complexity index is 918. The Balaban J connectivity index is 1.50. The van der Waals surface area contributed by atoms with Crippen molar-refractivity contribution in [2.75, 3.05) is 13.1 Å². The number of ether oxygens (including phenoxy) is 1. The van der Waals surface area contributed by atoms with Crippen LogP contribution in [0.2, 0.25) is 0 Å². The second-order valence-electron chi connectivity index (χ2n) is 8.81. The minimum atomic E-state index is -0.498. The molecule has 150 valence electrons. The molecule has 0 radical (unpaired) electrons. The zero-order valence-electron chi connectivity index (χ0n) is 16.6. The number of hydrogen-bond acceptors (Lipinski definition) is 5. The van der Waals surface area contributed by atoms with Crippen molar-refractivity contribution in [3.8, 4) is 0 Å². The van der Waals surface area contributed by atoms with Crippen molar-refractivity contribution in [1.82, 2.24) is 14.7 Å². The molecule has 0 spiro atoms. The molecule has 8 nitrogen and oxygen atoms in total. The van der Waals surface area contributed by atoms with Crippen LogP contribution in [0.25, 0.3) is 10.9 Å². The lowest BCUT2D eigenvalue weighted by molar-refractivity contribution is -0.385. The predicted molar refractivity (Wildman–Crippen MR) is 104 cm³/mol. The van der Waals surface area contributed by atoms with Crippen molar-refractivity contribution in [2.45, 2.75) is 64.0 Å². The molecule has 0 N–H and O–H groups in total. The summed E-state index contributed by atoms with van der Waals surface area (Å²) in [5.41, 5.74) is 1.32. The highest BCUT2D eigenvalue weighted by Gasteiger charge is 2.32. The molecule has 2 fully saturated rings. The van der Waals surface area contributed by atoms with Crippen LogP contribution in [0.5, 0.6) is 0 Å². The summed E-state index contributed by atoms with van der Waals surface area (Å²) < 4.78 is 7.36. The molecule has 1 aromatic carbocycles. The van der Waals surface area contributed by atoms with E-state index in [0.717, 1.165) is 42.1 Å². The minimum Gasteiger partial charge on any atom is -0.444 e. The highest BCUT2D eigenvalue weighted by Crippen LogP contribution is 2.45. The van der Waals surface area contributed by atoms with E-state index < -0.39 is 5.60 Å². The highest BCUT2D eigenvalue weighted by atomic mass is 16.6. The quantitative estimate of drug-likeness (QED) is 0.576. The minimum absolute atomic E-state index is 0.175. The van der Waals surface area contributed by atoms with Crippen molar-refractivity contribution >= 4 is 22.7 Å². The number of likely N-dealkylation sites (tertiary alicyclic amines) is 1. The number of fused-ring (bicyclic) bond motifs is 1. The Morgan fingerprint density at radius 2 is 1.89 bits per heavy atom. The Morgan fingerprint density at radius 1 is 1.21 bits per heavy atom. The van der Waals surface area contributed by atoms with Crippen LogP contribution < -0.4 is 0 Å². The third-order valence-corrected chi connectivity index (χ3v) is 5.37. The van der Waals surface area contributed by atoms with Gasteiger partial charge in [-0.2, -0.15) is 5.10 Å². The van der Waals surface area contributed by atoms with Crippen molar-refractivity contribution < 1.29 is 14.5 Å². The van der Waals surface area contributed by atoms with Crippen LogP contribution in [0.3, 0.4) is 0 Å². The summed E-state index contributed by atoms with van der Waals surface area (Å²) in [6.45, 7) is 6.82. The number of nitro groups is 1. The summed E-state index contributed by atoms with van der Waals surface area (Å²) in [5.74, 6) is 0.298. The topological polar surface area (TPSA) is 90.5 Å². The fourth-order valence-electron chi connectivity index (χ4n) is 3.80. The molecule has 1 aliphatic heterocycles. The molecule has 2 aliphatic rings. The maximum Gasteiger partial charge on any atom is 0.410 e. The van der Waals surface area contributed by atoms with Crippen LogP contribution in [0.15, 0.2) is 18.3 Å². The summed E-state index contributed by atoms with van der Waals surface area (Å²) in [6, 6.07) is 3.72. The molecular formula is C20H26N4O4. The number of carbonyl (C=O) groups is 1. The second-order valence-corrected chi connectivity index (χ2v) is 8.81. The number of benzene rings is 1. The van der Waals surface area contributed by atoms with E-state index in [1.165, 1.54) is 0 Å². The lowest BCUT2D eigenvalue weighted by Gasteiger charge is -2.33. The van der Waals surface area contributed by atoms with Gasteiger partial charge in [0.05, 0.1) is 16.5 Å². The molecule has 0 atom stereocenters. The smallest absolute Gasteiger partial charge is 0.410 e. The third kappa shape index (κ3) is 3.81. The molecule has 28 heavy (non-hydrogen) atoms. The van der Waals surface area contributed by atoms with Gasteiger partial charge in [0.25, 0.3) is 5.69 Å². The van der Waals surface area contributed by atoms with Crippen molar-refractivity contribution in [1.29, 1.82) is 0 Å². The number of carbonyl (C=O) groups excluding carboxylic acids is 1. The Morgan fingerprint density at radius 3 is 2.46 bits per heavy atom. The first kappa shape index (κ1) is 18.7. The van der Waals surface area contributed by atoms with Gasteiger partial charge >= 0.3 is 6.09 Å². The molecule has 4 rings (SSSR count). The molecule has 2 heterocycles. The Hall–Kier alpha value is -2.64. The first-order valence-corrected chi connectivity index (χ1v) is 9.86. The second kappa shape index (κ2) is 6.76. The largest absolute Gasteiger partial charge is 0.444 e. The van der Waals surface area contributed by atoms with E-state index >= 15 is 0 Å². The summed E-state index contributed by atoms with van der Waals surface area (Å²) in [5, 5.41) is 16.9. The lowest BCUT2D eigenvalue weighted by Crippen LogP contribution is -2.42. The molecule has 1 saturated carbocycles. The third-order valence-electron chi connectivity index (χ3n) is 5.37. The number of nitrogens with zero attached hydrogens (tertiary/aromatic N) is 4. The maximum atomic E-state index is 12.2. The zero-order chi connectivity index (χ0) is 20.1. The Labute approximate surface area is 163 Å². The summed E-state index contributed by atoms with van der Waals surface area (Å²) in [6.07, 6.45) is 5.20. The molecule has 0 unspecified atom stereocenters. The average Bonchev–Trinajstić information content (AvgIpc) is 3.38. The fourth-order valence-corrected chi connectivity index (χ4v) is 3.80. The predicted octanol–water partition coefficient (Wildman–Crippen LogP) is 4.39. The molecule has 8 heteroatoms. The van der Waals surface area contributed by atoms with Gasteiger partial charge < -0.3 is 9.64 Å². The molecule has 1 aromatic heterocycles. The van der Waals surface area contributed by atoms with Crippen LogP contribution in [0.1, 0.15) is 64.0 Å². The molecular weight excluding hydrogens is 360 g/mol. The van der Waals surface area contributed by atoms with E-state index in [2.05, 4.69) is 0 Å². The molecule has 0 bridgehead atoms. The van der Waals surface area contributed by atoms with Crippen LogP contribution in [0, 0.1) is 10.1 Å².